The predicted molar refractivity (Wildman–Crippen MR) is 84.8 cm³/mol. The van der Waals surface area contributed by atoms with E-state index in [9.17, 15) is 4.79 Å². The molecule has 1 N–H and O–H groups in total. The molecule has 110 valence electrons. The van der Waals surface area contributed by atoms with E-state index >= 15 is 0 Å². The van der Waals surface area contributed by atoms with Gasteiger partial charge in [-0.3, -0.25) is 9.48 Å². The smallest absolute Gasteiger partial charge is 0.244 e. The van der Waals surface area contributed by atoms with Crippen molar-refractivity contribution >= 4 is 12.0 Å². The fourth-order valence-corrected chi connectivity index (χ4v) is 2.14. The Labute approximate surface area is 125 Å². The van der Waals surface area contributed by atoms with Gasteiger partial charge >= 0.3 is 0 Å². The number of benzene rings is 1. The first kappa shape index (κ1) is 15.0. The first-order valence-electron chi connectivity index (χ1n) is 7.17. The molecule has 1 aromatic carbocycles. The highest BCUT2D eigenvalue weighted by molar-refractivity contribution is 5.91. The maximum absolute atomic E-state index is 11.7. The summed E-state index contributed by atoms with van der Waals surface area (Å²) in [4.78, 5) is 11.7. The molecule has 0 fully saturated rings. The minimum atomic E-state index is -0.0628. The fraction of sp³-hybridized carbons (Fsp3) is 0.294. The van der Waals surface area contributed by atoms with E-state index in [1.165, 1.54) is 0 Å². The van der Waals surface area contributed by atoms with Gasteiger partial charge in [0.05, 0.1) is 5.69 Å². The van der Waals surface area contributed by atoms with E-state index in [0.29, 0.717) is 6.54 Å². The molecule has 0 spiro atoms. The number of hydrogen-bond acceptors (Lipinski definition) is 2. The van der Waals surface area contributed by atoms with E-state index < -0.39 is 0 Å². The Balaban J connectivity index is 1.70. The first-order valence-corrected chi connectivity index (χ1v) is 7.17. The van der Waals surface area contributed by atoms with Gasteiger partial charge < -0.3 is 5.32 Å². The molecular weight excluding hydrogens is 262 g/mol. The van der Waals surface area contributed by atoms with Crippen molar-refractivity contribution in [2.45, 2.75) is 26.8 Å². The number of carbonyl (C=O) groups excluding carboxylic acids is 1. The van der Waals surface area contributed by atoms with Gasteiger partial charge in [0, 0.05) is 24.9 Å². The topological polar surface area (TPSA) is 46.9 Å². The van der Waals surface area contributed by atoms with Gasteiger partial charge in [0.15, 0.2) is 0 Å². The zero-order chi connectivity index (χ0) is 15.1. The summed E-state index contributed by atoms with van der Waals surface area (Å²) in [6, 6.07) is 11.8. The average molecular weight is 283 g/mol. The van der Waals surface area contributed by atoms with E-state index in [1.807, 2.05) is 54.9 Å². The van der Waals surface area contributed by atoms with Crippen LogP contribution in [0.25, 0.3) is 6.08 Å². The number of aromatic nitrogens is 2. The fourth-order valence-electron chi connectivity index (χ4n) is 2.14. The number of nitrogens with zero attached hydrogens (tertiary/aromatic N) is 2. The lowest BCUT2D eigenvalue weighted by atomic mass is 10.2. The van der Waals surface area contributed by atoms with Crippen molar-refractivity contribution in [3.05, 3.63) is 59.4 Å². The van der Waals surface area contributed by atoms with Crippen LogP contribution in [-0.4, -0.2) is 22.2 Å². The SMILES string of the molecule is Cc1cc(C)n(CCCNC(=O)C=Cc2ccccc2)n1. The Bertz CT molecular complexity index is 614. The van der Waals surface area contributed by atoms with Crippen LogP contribution in [0.5, 0.6) is 0 Å². The maximum Gasteiger partial charge on any atom is 0.244 e. The van der Waals surface area contributed by atoms with E-state index in [1.54, 1.807) is 6.08 Å². The van der Waals surface area contributed by atoms with Crippen molar-refractivity contribution in [3.63, 3.8) is 0 Å². The van der Waals surface area contributed by atoms with Crippen LogP contribution < -0.4 is 5.32 Å². The number of amides is 1. The molecular formula is C17H21N3O. The zero-order valence-electron chi connectivity index (χ0n) is 12.5. The lowest BCUT2D eigenvalue weighted by Gasteiger charge is -2.05. The van der Waals surface area contributed by atoms with E-state index in [4.69, 9.17) is 0 Å². The van der Waals surface area contributed by atoms with Gasteiger partial charge in [-0.25, -0.2) is 0 Å². The molecule has 0 unspecified atom stereocenters. The molecule has 0 bridgehead atoms. The minimum Gasteiger partial charge on any atom is -0.352 e. The Hall–Kier alpha value is -2.36. The highest BCUT2D eigenvalue weighted by atomic mass is 16.1. The molecule has 0 saturated heterocycles. The second-order valence-electron chi connectivity index (χ2n) is 5.04. The van der Waals surface area contributed by atoms with Gasteiger partial charge in [0.1, 0.15) is 0 Å². The van der Waals surface area contributed by atoms with Crippen molar-refractivity contribution in [2.75, 3.05) is 6.54 Å². The van der Waals surface area contributed by atoms with Gasteiger partial charge in [0.2, 0.25) is 5.91 Å². The average Bonchev–Trinajstić information content (AvgIpc) is 2.80. The summed E-state index contributed by atoms with van der Waals surface area (Å²) < 4.78 is 1.97. The third-order valence-corrected chi connectivity index (χ3v) is 3.18. The Morgan fingerprint density at radius 3 is 2.71 bits per heavy atom. The second kappa shape index (κ2) is 7.43. The van der Waals surface area contributed by atoms with Crippen LogP contribution in [0.2, 0.25) is 0 Å². The standard InChI is InChI=1S/C17H21N3O/c1-14-13-15(2)20(19-14)12-6-11-18-17(21)10-9-16-7-4-3-5-8-16/h3-5,7-10,13H,6,11-12H2,1-2H3,(H,18,21). The summed E-state index contributed by atoms with van der Waals surface area (Å²) in [5, 5.41) is 7.28. The Kier molecular flexibility index (Phi) is 5.32. The van der Waals surface area contributed by atoms with E-state index in [0.717, 1.165) is 29.9 Å². The summed E-state index contributed by atoms with van der Waals surface area (Å²) in [6.07, 6.45) is 4.25. The molecule has 4 heteroatoms. The molecule has 0 atom stereocenters. The van der Waals surface area contributed by atoms with Crippen LogP contribution in [0, 0.1) is 13.8 Å². The van der Waals surface area contributed by atoms with Crippen LogP contribution >= 0.6 is 0 Å². The van der Waals surface area contributed by atoms with Gasteiger partial charge in [-0.05, 0) is 38.0 Å². The van der Waals surface area contributed by atoms with Gasteiger partial charge in [-0.1, -0.05) is 30.3 Å². The molecule has 0 aliphatic heterocycles. The molecule has 1 heterocycles. The number of nitrogens with one attached hydrogen (secondary N) is 1. The predicted octanol–water partition coefficient (Wildman–Crippen LogP) is 2.72. The molecule has 21 heavy (non-hydrogen) atoms. The first-order chi connectivity index (χ1) is 10.1. The molecule has 0 aliphatic carbocycles. The summed E-state index contributed by atoms with van der Waals surface area (Å²) in [5.74, 6) is -0.0628. The summed E-state index contributed by atoms with van der Waals surface area (Å²) in [6.45, 7) is 5.50. The normalized spacial score (nSPS) is 11.0. The third kappa shape index (κ3) is 4.91. The quantitative estimate of drug-likeness (QED) is 0.654. The lowest BCUT2D eigenvalue weighted by Crippen LogP contribution is -2.23. The molecule has 0 aliphatic rings. The lowest BCUT2D eigenvalue weighted by molar-refractivity contribution is -0.116. The summed E-state index contributed by atoms with van der Waals surface area (Å²) >= 11 is 0. The molecule has 4 nitrogen and oxygen atoms in total. The molecule has 1 amide bonds. The zero-order valence-corrected chi connectivity index (χ0v) is 12.5. The monoisotopic (exact) mass is 283 g/mol. The van der Waals surface area contributed by atoms with Crippen LogP contribution in [0.15, 0.2) is 42.5 Å². The number of hydrogen-bond donors (Lipinski definition) is 1. The van der Waals surface area contributed by atoms with Crippen molar-refractivity contribution < 1.29 is 4.79 Å². The third-order valence-electron chi connectivity index (χ3n) is 3.18. The highest BCUT2D eigenvalue weighted by Gasteiger charge is 2.00. The van der Waals surface area contributed by atoms with Gasteiger partial charge in [-0.2, -0.15) is 5.10 Å². The number of rotatable bonds is 6. The van der Waals surface area contributed by atoms with E-state index in [-0.39, 0.29) is 5.91 Å². The van der Waals surface area contributed by atoms with Crippen LogP contribution in [0.4, 0.5) is 0 Å². The Morgan fingerprint density at radius 2 is 2.05 bits per heavy atom. The van der Waals surface area contributed by atoms with Crippen molar-refractivity contribution in [1.29, 1.82) is 0 Å². The van der Waals surface area contributed by atoms with Crippen molar-refractivity contribution in [3.8, 4) is 0 Å². The largest absolute Gasteiger partial charge is 0.352 e. The second-order valence-corrected chi connectivity index (χ2v) is 5.04. The summed E-state index contributed by atoms with van der Waals surface area (Å²) in [5.41, 5.74) is 3.21. The molecule has 2 rings (SSSR count). The minimum absolute atomic E-state index is 0.0628. The van der Waals surface area contributed by atoms with Crippen molar-refractivity contribution in [1.82, 2.24) is 15.1 Å². The van der Waals surface area contributed by atoms with E-state index in [2.05, 4.69) is 16.5 Å². The molecule has 0 saturated carbocycles. The molecule has 2 aromatic rings. The van der Waals surface area contributed by atoms with Crippen molar-refractivity contribution in [2.24, 2.45) is 0 Å². The van der Waals surface area contributed by atoms with Crippen LogP contribution in [0.3, 0.4) is 0 Å². The number of carbonyl (C=O) groups is 1. The van der Waals surface area contributed by atoms with Crippen LogP contribution in [-0.2, 0) is 11.3 Å². The van der Waals surface area contributed by atoms with Crippen LogP contribution in [0.1, 0.15) is 23.4 Å². The molecule has 1 aromatic heterocycles. The molecule has 0 radical (unpaired) electrons. The Morgan fingerprint density at radius 1 is 1.29 bits per heavy atom. The van der Waals surface area contributed by atoms with Gasteiger partial charge in [-0.15, -0.1) is 0 Å². The van der Waals surface area contributed by atoms with Gasteiger partial charge in [0.25, 0.3) is 0 Å². The highest BCUT2D eigenvalue weighted by Crippen LogP contribution is 2.02. The summed E-state index contributed by atoms with van der Waals surface area (Å²) in [7, 11) is 0. The number of aryl methyl sites for hydroxylation is 3. The maximum atomic E-state index is 11.7.